The van der Waals surface area contributed by atoms with Crippen LogP contribution in [0.4, 0.5) is 13.2 Å². The second-order valence-electron chi connectivity index (χ2n) is 7.05. The first-order chi connectivity index (χ1) is 12.8. The van der Waals surface area contributed by atoms with Gasteiger partial charge in [0.15, 0.2) is 0 Å². The minimum absolute atomic E-state index is 0.0130. The van der Waals surface area contributed by atoms with Crippen LogP contribution in [0.25, 0.3) is 0 Å². The fourth-order valence-corrected chi connectivity index (χ4v) is 3.81. The molecule has 0 unspecified atom stereocenters. The lowest BCUT2D eigenvalue weighted by molar-refractivity contribution is -0.140. The Kier molecular flexibility index (Phi) is 5.53. The van der Waals surface area contributed by atoms with E-state index in [1.165, 1.54) is 17.0 Å². The van der Waals surface area contributed by atoms with Gasteiger partial charge in [0.2, 0.25) is 17.7 Å². The maximum absolute atomic E-state index is 12.7. The number of carbonyl (C=O) groups is 3. The van der Waals surface area contributed by atoms with Gasteiger partial charge < -0.3 is 5.32 Å². The molecule has 2 atom stereocenters. The van der Waals surface area contributed by atoms with E-state index in [2.05, 4.69) is 5.32 Å². The Morgan fingerprint density at radius 3 is 2.33 bits per heavy atom. The van der Waals surface area contributed by atoms with E-state index in [4.69, 9.17) is 0 Å². The Labute approximate surface area is 154 Å². The van der Waals surface area contributed by atoms with Crippen molar-refractivity contribution in [3.63, 3.8) is 0 Å². The fraction of sp³-hybridized carbons (Fsp3) is 0.526. The molecule has 1 aromatic carbocycles. The highest BCUT2D eigenvalue weighted by Crippen LogP contribution is 2.38. The zero-order valence-corrected chi connectivity index (χ0v) is 14.7. The van der Waals surface area contributed by atoms with Gasteiger partial charge in [-0.25, -0.2) is 0 Å². The molecule has 1 saturated carbocycles. The van der Waals surface area contributed by atoms with Crippen molar-refractivity contribution >= 4 is 17.7 Å². The second kappa shape index (κ2) is 7.70. The number of likely N-dealkylation sites (tertiary alicyclic amines) is 1. The van der Waals surface area contributed by atoms with Crippen molar-refractivity contribution in [2.45, 2.75) is 44.8 Å². The Bertz CT molecular complexity index is 724. The lowest BCUT2D eigenvalue weighted by Gasteiger charge is -2.19. The van der Waals surface area contributed by atoms with Crippen molar-refractivity contribution in [3.8, 4) is 0 Å². The van der Waals surface area contributed by atoms with Crippen LogP contribution in [0.2, 0.25) is 0 Å². The molecule has 3 amide bonds. The molecular weight excluding hydrogens is 361 g/mol. The zero-order chi connectivity index (χ0) is 19.6. The summed E-state index contributed by atoms with van der Waals surface area (Å²) in [6.07, 6.45) is -1.19. The predicted molar refractivity (Wildman–Crippen MR) is 90.1 cm³/mol. The minimum Gasteiger partial charge on any atom is -0.352 e. The molecule has 1 heterocycles. The van der Waals surface area contributed by atoms with Crippen LogP contribution in [0.15, 0.2) is 24.3 Å². The topological polar surface area (TPSA) is 66.5 Å². The number of rotatable bonds is 5. The SMILES string of the molecule is O=C(CCN1C(=O)[C@H]2CCCC[C@H]2C1=O)NCc1cccc(C(F)(F)F)c1. The summed E-state index contributed by atoms with van der Waals surface area (Å²) >= 11 is 0. The molecule has 1 aliphatic heterocycles. The average Bonchev–Trinajstić information content (AvgIpc) is 2.89. The highest BCUT2D eigenvalue weighted by Gasteiger charge is 2.47. The number of alkyl halides is 3. The first kappa shape index (κ1) is 19.4. The molecule has 2 aliphatic rings. The van der Waals surface area contributed by atoms with Gasteiger partial charge in [0.05, 0.1) is 17.4 Å². The molecule has 1 N–H and O–H groups in total. The largest absolute Gasteiger partial charge is 0.416 e. The van der Waals surface area contributed by atoms with E-state index < -0.39 is 17.6 Å². The lowest BCUT2D eigenvalue weighted by Crippen LogP contribution is -2.35. The Morgan fingerprint density at radius 2 is 1.74 bits per heavy atom. The molecule has 1 aliphatic carbocycles. The number of halogens is 3. The Balaban J connectivity index is 1.50. The molecule has 0 radical (unpaired) electrons. The van der Waals surface area contributed by atoms with Crippen molar-refractivity contribution < 1.29 is 27.6 Å². The van der Waals surface area contributed by atoms with Gasteiger partial charge in [0.25, 0.3) is 0 Å². The van der Waals surface area contributed by atoms with Crippen LogP contribution >= 0.6 is 0 Å². The summed E-state index contributed by atoms with van der Waals surface area (Å²) in [5, 5.41) is 2.54. The number of carbonyl (C=O) groups excluding carboxylic acids is 3. The summed E-state index contributed by atoms with van der Waals surface area (Å²) < 4.78 is 38.1. The maximum atomic E-state index is 12.7. The number of benzene rings is 1. The van der Waals surface area contributed by atoms with E-state index in [1.807, 2.05) is 0 Å². The van der Waals surface area contributed by atoms with Crippen LogP contribution in [-0.4, -0.2) is 29.2 Å². The van der Waals surface area contributed by atoms with Gasteiger partial charge in [-0.05, 0) is 30.5 Å². The zero-order valence-electron chi connectivity index (χ0n) is 14.7. The number of nitrogens with one attached hydrogen (secondary N) is 1. The fourth-order valence-electron chi connectivity index (χ4n) is 3.81. The van der Waals surface area contributed by atoms with Gasteiger partial charge >= 0.3 is 6.18 Å². The van der Waals surface area contributed by atoms with E-state index >= 15 is 0 Å². The van der Waals surface area contributed by atoms with Gasteiger partial charge in [0.1, 0.15) is 0 Å². The molecule has 0 spiro atoms. The molecule has 1 aromatic rings. The molecule has 3 rings (SSSR count). The van der Waals surface area contributed by atoms with Crippen LogP contribution < -0.4 is 5.32 Å². The first-order valence-corrected chi connectivity index (χ1v) is 9.05. The second-order valence-corrected chi connectivity index (χ2v) is 7.05. The number of nitrogens with zero attached hydrogens (tertiary/aromatic N) is 1. The van der Waals surface area contributed by atoms with Gasteiger partial charge in [0, 0.05) is 19.5 Å². The molecule has 0 bridgehead atoms. The van der Waals surface area contributed by atoms with E-state index in [0.29, 0.717) is 18.4 Å². The predicted octanol–water partition coefficient (Wildman–Crippen LogP) is 2.89. The average molecular weight is 382 g/mol. The van der Waals surface area contributed by atoms with Crippen LogP contribution in [-0.2, 0) is 27.1 Å². The van der Waals surface area contributed by atoms with Gasteiger partial charge in [-0.15, -0.1) is 0 Å². The number of amides is 3. The van der Waals surface area contributed by atoms with Crippen molar-refractivity contribution in [1.29, 1.82) is 0 Å². The van der Waals surface area contributed by atoms with Crippen molar-refractivity contribution in [3.05, 3.63) is 35.4 Å². The summed E-state index contributed by atoms with van der Waals surface area (Å²) in [6, 6.07) is 4.73. The summed E-state index contributed by atoms with van der Waals surface area (Å²) in [7, 11) is 0. The number of hydrogen-bond acceptors (Lipinski definition) is 3. The monoisotopic (exact) mass is 382 g/mol. The minimum atomic E-state index is -4.44. The van der Waals surface area contributed by atoms with Crippen molar-refractivity contribution in [2.75, 3.05) is 6.54 Å². The van der Waals surface area contributed by atoms with Crippen LogP contribution in [0.3, 0.4) is 0 Å². The first-order valence-electron chi connectivity index (χ1n) is 9.05. The summed E-state index contributed by atoms with van der Waals surface area (Å²) in [6.45, 7) is -0.0328. The molecule has 8 heteroatoms. The molecule has 1 saturated heterocycles. The molecule has 2 fully saturated rings. The van der Waals surface area contributed by atoms with Gasteiger partial charge in [-0.1, -0.05) is 25.0 Å². The van der Waals surface area contributed by atoms with E-state index in [0.717, 1.165) is 25.0 Å². The number of fused-ring (bicyclic) bond motifs is 1. The third-order valence-corrected chi connectivity index (χ3v) is 5.24. The lowest BCUT2D eigenvalue weighted by atomic mass is 9.81. The Hall–Kier alpha value is -2.38. The van der Waals surface area contributed by atoms with Crippen molar-refractivity contribution in [1.82, 2.24) is 10.2 Å². The normalized spacial score (nSPS) is 22.7. The summed E-state index contributed by atoms with van der Waals surface area (Å²) in [4.78, 5) is 37.9. The van der Waals surface area contributed by atoms with E-state index in [-0.39, 0.29) is 43.2 Å². The smallest absolute Gasteiger partial charge is 0.352 e. The quantitative estimate of drug-likeness (QED) is 0.797. The van der Waals surface area contributed by atoms with Gasteiger partial charge in [-0.3, -0.25) is 19.3 Å². The maximum Gasteiger partial charge on any atom is 0.416 e. The van der Waals surface area contributed by atoms with Crippen molar-refractivity contribution in [2.24, 2.45) is 11.8 Å². The Morgan fingerprint density at radius 1 is 1.11 bits per heavy atom. The highest BCUT2D eigenvalue weighted by atomic mass is 19.4. The molecule has 5 nitrogen and oxygen atoms in total. The van der Waals surface area contributed by atoms with E-state index in [1.54, 1.807) is 0 Å². The van der Waals surface area contributed by atoms with E-state index in [9.17, 15) is 27.6 Å². The molecular formula is C19H21F3N2O3. The van der Waals surface area contributed by atoms with Gasteiger partial charge in [-0.2, -0.15) is 13.2 Å². The highest BCUT2D eigenvalue weighted by molar-refractivity contribution is 6.05. The third kappa shape index (κ3) is 4.31. The number of hydrogen-bond donors (Lipinski definition) is 1. The standard InChI is InChI=1S/C19H21F3N2O3/c20-19(21,22)13-5-3-4-12(10-13)11-23-16(25)8-9-24-17(26)14-6-1-2-7-15(14)18(24)27/h3-5,10,14-15H,1-2,6-9,11H2,(H,23,25)/t14-,15+. The van der Waals surface area contributed by atoms with Crippen LogP contribution in [0.5, 0.6) is 0 Å². The molecule has 146 valence electrons. The molecule has 0 aromatic heterocycles. The number of imide groups is 1. The summed E-state index contributed by atoms with van der Waals surface area (Å²) in [5.74, 6) is -1.31. The van der Waals surface area contributed by atoms with Crippen LogP contribution in [0, 0.1) is 11.8 Å². The summed E-state index contributed by atoms with van der Waals surface area (Å²) in [5.41, 5.74) is -0.442. The van der Waals surface area contributed by atoms with Crippen LogP contribution in [0.1, 0.15) is 43.2 Å². The third-order valence-electron chi connectivity index (χ3n) is 5.24. The molecule has 27 heavy (non-hydrogen) atoms.